The van der Waals surface area contributed by atoms with Gasteiger partial charge in [-0.3, -0.25) is 4.79 Å². The molecule has 2 N–H and O–H groups in total. The fraction of sp³-hybridized carbons (Fsp3) is 0.172. The molecule has 0 spiro atoms. The van der Waals surface area contributed by atoms with Crippen molar-refractivity contribution in [2.24, 2.45) is 19.8 Å². The summed E-state index contributed by atoms with van der Waals surface area (Å²) in [6, 6.07) is 22.9. The lowest BCUT2D eigenvalue weighted by Gasteiger charge is -2.33. The molecule has 0 amide bonds. The van der Waals surface area contributed by atoms with E-state index in [2.05, 4.69) is 4.98 Å². The number of nitrogens with two attached hydrogens (primary N) is 1. The Balaban J connectivity index is 1.86. The first-order valence-electron chi connectivity index (χ1n) is 11.7. The van der Waals surface area contributed by atoms with Gasteiger partial charge in [0, 0.05) is 36.1 Å². The quantitative estimate of drug-likeness (QED) is 0.347. The van der Waals surface area contributed by atoms with Crippen LogP contribution < -0.4 is 16.0 Å². The van der Waals surface area contributed by atoms with E-state index in [9.17, 15) is 4.79 Å². The molecule has 6 nitrogen and oxygen atoms in total. The van der Waals surface area contributed by atoms with Crippen LogP contribution >= 0.6 is 11.6 Å². The molecule has 0 aliphatic rings. The van der Waals surface area contributed by atoms with E-state index in [4.69, 9.17) is 22.1 Å². The Morgan fingerprint density at radius 2 is 1.78 bits per heavy atom. The SMILES string of the molecule is CCOc1cccc(-c2cc(=O)n(C)c3c(C(N)(c4ccc(Cl)cc4)c4cncn4C)cccc23)c1. The first kappa shape index (κ1) is 23.9. The summed E-state index contributed by atoms with van der Waals surface area (Å²) in [6.07, 6.45) is 3.49. The number of rotatable bonds is 6. The van der Waals surface area contributed by atoms with Gasteiger partial charge in [0.1, 0.15) is 11.3 Å². The summed E-state index contributed by atoms with van der Waals surface area (Å²) < 4.78 is 9.28. The van der Waals surface area contributed by atoms with Crippen LogP contribution in [0.15, 0.2) is 90.1 Å². The fourth-order valence-electron chi connectivity index (χ4n) is 4.90. The molecule has 0 aliphatic heterocycles. The standard InChI is InChI=1S/C29H27ClN4O2/c1-4-36-22-8-5-7-19(15-22)24-16-27(35)34(3)28-23(24)9-6-10-25(28)29(31,26-17-32-18-33(26)2)20-11-13-21(30)14-12-20/h5-18H,4,31H2,1-3H3. The van der Waals surface area contributed by atoms with Crippen LogP contribution in [0.2, 0.25) is 5.02 Å². The number of hydrogen-bond acceptors (Lipinski definition) is 4. The first-order chi connectivity index (χ1) is 17.3. The summed E-state index contributed by atoms with van der Waals surface area (Å²) >= 11 is 6.21. The average molecular weight is 499 g/mol. The van der Waals surface area contributed by atoms with Gasteiger partial charge in [0.25, 0.3) is 5.56 Å². The molecule has 7 heteroatoms. The molecule has 0 aliphatic carbocycles. The van der Waals surface area contributed by atoms with Gasteiger partial charge in [-0.2, -0.15) is 0 Å². The van der Waals surface area contributed by atoms with E-state index < -0.39 is 5.54 Å². The summed E-state index contributed by atoms with van der Waals surface area (Å²) in [5.74, 6) is 0.754. The number of para-hydroxylation sites is 1. The third-order valence-electron chi connectivity index (χ3n) is 6.66. The van der Waals surface area contributed by atoms with Crippen LogP contribution in [0.25, 0.3) is 22.0 Å². The molecule has 0 radical (unpaired) electrons. The zero-order valence-electron chi connectivity index (χ0n) is 20.4. The number of imidazole rings is 1. The Bertz CT molecular complexity index is 1620. The third-order valence-corrected chi connectivity index (χ3v) is 6.91. The molecule has 182 valence electrons. The minimum Gasteiger partial charge on any atom is -0.494 e. The van der Waals surface area contributed by atoms with E-state index in [0.717, 1.165) is 44.6 Å². The summed E-state index contributed by atoms with van der Waals surface area (Å²) in [5, 5.41) is 1.53. The maximum absolute atomic E-state index is 13.3. The summed E-state index contributed by atoms with van der Waals surface area (Å²) in [4.78, 5) is 17.7. The molecule has 2 aromatic heterocycles. The number of aryl methyl sites for hydroxylation is 2. The van der Waals surface area contributed by atoms with Crippen molar-refractivity contribution in [1.29, 1.82) is 0 Å². The number of halogens is 1. The van der Waals surface area contributed by atoms with Crippen molar-refractivity contribution in [2.75, 3.05) is 6.61 Å². The Morgan fingerprint density at radius 1 is 1.03 bits per heavy atom. The molecule has 1 atom stereocenters. The topological polar surface area (TPSA) is 75.1 Å². The van der Waals surface area contributed by atoms with Gasteiger partial charge in [-0.1, -0.05) is 54.1 Å². The summed E-state index contributed by atoms with van der Waals surface area (Å²) in [6.45, 7) is 2.51. The molecular weight excluding hydrogens is 472 g/mol. The van der Waals surface area contributed by atoms with E-state index in [-0.39, 0.29) is 5.56 Å². The van der Waals surface area contributed by atoms with Crippen LogP contribution in [-0.2, 0) is 19.6 Å². The normalized spacial score (nSPS) is 13.0. The lowest BCUT2D eigenvalue weighted by Crippen LogP contribution is -2.41. The largest absolute Gasteiger partial charge is 0.494 e. The fourth-order valence-corrected chi connectivity index (χ4v) is 5.02. The van der Waals surface area contributed by atoms with Crippen LogP contribution in [-0.4, -0.2) is 20.7 Å². The smallest absolute Gasteiger partial charge is 0.251 e. The Kier molecular flexibility index (Phi) is 6.16. The number of pyridine rings is 1. The second-order valence-corrected chi connectivity index (χ2v) is 9.26. The summed E-state index contributed by atoms with van der Waals surface area (Å²) in [5.41, 5.74) is 11.0. The highest BCUT2D eigenvalue weighted by atomic mass is 35.5. The molecule has 0 saturated carbocycles. The van der Waals surface area contributed by atoms with Gasteiger partial charge in [-0.15, -0.1) is 0 Å². The minimum atomic E-state index is -1.11. The van der Waals surface area contributed by atoms with Crippen LogP contribution in [0, 0.1) is 0 Å². The van der Waals surface area contributed by atoms with Gasteiger partial charge in [0.05, 0.1) is 30.3 Å². The van der Waals surface area contributed by atoms with Gasteiger partial charge >= 0.3 is 0 Å². The van der Waals surface area contributed by atoms with Gasteiger partial charge in [0.15, 0.2) is 0 Å². The predicted octanol–water partition coefficient (Wildman–Crippen LogP) is 5.24. The van der Waals surface area contributed by atoms with Crippen molar-refractivity contribution in [1.82, 2.24) is 14.1 Å². The van der Waals surface area contributed by atoms with Gasteiger partial charge in [-0.25, -0.2) is 4.98 Å². The van der Waals surface area contributed by atoms with Crippen molar-refractivity contribution in [2.45, 2.75) is 12.5 Å². The number of fused-ring (bicyclic) bond motifs is 1. The molecule has 1 unspecified atom stereocenters. The van der Waals surface area contributed by atoms with Crippen molar-refractivity contribution in [3.8, 4) is 16.9 Å². The maximum atomic E-state index is 13.3. The summed E-state index contributed by atoms with van der Waals surface area (Å²) in [7, 11) is 3.69. The van der Waals surface area contributed by atoms with E-state index in [1.807, 2.05) is 85.3 Å². The number of aromatic nitrogens is 3. The molecule has 5 rings (SSSR count). The van der Waals surface area contributed by atoms with Crippen LogP contribution in [0.3, 0.4) is 0 Å². The van der Waals surface area contributed by atoms with E-state index in [1.54, 1.807) is 30.2 Å². The second-order valence-electron chi connectivity index (χ2n) is 8.82. The van der Waals surface area contributed by atoms with Crippen molar-refractivity contribution < 1.29 is 4.74 Å². The minimum absolute atomic E-state index is 0.129. The highest BCUT2D eigenvalue weighted by Gasteiger charge is 2.37. The zero-order valence-corrected chi connectivity index (χ0v) is 21.2. The van der Waals surface area contributed by atoms with Gasteiger partial charge < -0.3 is 19.6 Å². The lowest BCUT2D eigenvalue weighted by atomic mass is 9.79. The van der Waals surface area contributed by atoms with Crippen LogP contribution in [0.1, 0.15) is 23.7 Å². The number of hydrogen-bond donors (Lipinski definition) is 1. The number of benzene rings is 3. The van der Waals surface area contributed by atoms with E-state index in [1.165, 1.54) is 0 Å². The highest BCUT2D eigenvalue weighted by molar-refractivity contribution is 6.30. The third kappa shape index (κ3) is 3.88. The molecular formula is C29H27ClN4O2. The van der Waals surface area contributed by atoms with Crippen LogP contribution in [0.5, 0.6) is 5.75 Å². The molecule has 0 bridgehead atoms. The lowest BCUT2D eigenvalue weighted by molar-refractivity contribution is 0.340. The number of ether oxygens (including phenoxy) is 1. The van der Waals surface area contributed by atoms with Crippen molar-refractivity contribution in [3.05, 3.63) is 118 Å². The molecule has 5 aromatic rings. The first-order valence-corrected chi connectivity index (χ1v) is 12.1. The van der Waals surface area contributed by atoms with Crippen LogP contribution in [0.4, 0.5) is 0 Å². The average Bonchev–Trinajstić information content (AvgIpc) is 3.32. The van der Waals surface area contributed by atoms with E-state index in [0.29, 0.717) is 11.6 Å². The number of nitrogens with zero attached hydrogens (tertiary/aromatic N) is 3. The molecule has 36 heavy (non-hydrogen) atoms. The van der Waals surface area contributed by atoms with Gasteiger partial charge in [-0.05, 0) is 47.9 Å². The maximum Gasteiger partial charge on any atom is 0.251 e. The predicted molar refractivity (Wildman–Crippen MR) is 145 cm³/mol. The Labute approximate surface area is 214 Å². The Morgan fingerprint density at radius 3 is 2.47 bits per heavy atom. The molecule has 3 aromatic carbocycles. The van der Waals surface area contributed by atoms with Gasteiger partial charge in [0.2, 0.25) is 0 Å². The monoisotopic (exact) mass is 498 g/mol. The van der Waals surface area contributed by atoms with E-state index >= 15 is 0 Å². The molecule has 0 fully saturated rings. The zero-order chi connectivity index (χ0) is 25.4. The molecule has 2 heterocycles. The highest BCUT2D eigenvalue weighted by Crippen LogP contribution is 2.40. The molecule has 0 saturated heterocycles. The van der Waals surface area contributed by atoms with Crippen molar-refractivity contribution in [3.63, 3.8) is 0 Å². The second kappa shape index (κ2) is 9.30. The van der Waals surface area contributed by atoms with Crippen molar-refractivity contribution >= 4 is 22.5 Å². The Hall–Kier alpha value is -3.87.